The number of ether oxygens (including phenoxy) is 1. The Morgan fingerprint density at radius 1 is 1.26 bits per heavy atom. The zero-order valence-corrected chi connectivity index (χ0v) is 13.3. The third-order valence-corrected chi connectivity index (χ3v) is 3.95. The molecular formula is C16H16N2O4S. The van der Waals surface area contributed by atoms with Crippen LogP contribution in [-0.4, -0.2) is 23.7 Å². The van der Waals surface area contributed by atoms with Crippen LogP contribution in [0.4, 0.5) is 11.4 Å². The first kappa shape index (κ1) is 17.0. The maximum absolute atomic E-state index is 12.0. The number of thioether (sulfide) groups is 1. The van der Waals surface area contributed by atoms with Gasteiger partial charge in [0.25, 0.3) is 5.69 Å². The molecule has 0 unspecified atom stereocenters. The Labute approximate surface area is 138 Å². The minimum atomic E-state index is -0.450. The van der Waals surface area contributed by atoms with Crippen molar-refractivity contribution in [2.75, 3.05) is 18.2 Å². The van der Waals surface area contributed by atoms with Crippen LogP contribution in [0.25, 0.3) is 0 Å². The number of methoxy groups -OCH3 is 1. The van der Waals surface area contributed by atoms with Gasteiger partial charge < -0.3 is 10.1 Å². The second-order valence-corrected chi connectivity index (χ2v) is 5.77. The molecule has 0 bridgehead atoms. The summed E-state index contributed by atoms with van der Waals surface area (Å²) in [6, 6.07) is 13.6. The van der Waals surface area contributed by atoms with E-state index in [9.17, 15) is 14.9 Å². The first-order chi connectivity index (χ1) is 11.1. The molecule has 0 heterocycles. The van der Waals surface area contributed by atoms with Crippen LogP contribution < -0.4 is 5.32 Å². The third-order valence-electron chi connectivity index (χ3n) is 2.94. The van der Waals surface area contributed by atoms with Gasteiger partial charge in [0.15, 0.2) is 0 Å². The number of rotatable bonds is 7. The zero-order chi connectivity index (χ0) is 16.7. The summed E-state index contributed by atoms with van der Waals surface area (Å²) in [7, 11) is 1.62. The highest BCUT2D eigenvalue weighted by Gasteiger charge is 2.07. The van der Waals surface area contributed by atoms with E-state index >= 15 is 0 Å². The molecule has 7 heteroatoms. The van der Waals surface area contributed by atoms with E-state index in [4.69, 9.17) is 4.74 Å². The molecular weight excluding hydrogens is 316 g/mol. The van der Waals surface area contributed by atoms with Crippen molar-refractivity contribution in [2.45, 2.75) is 11.5 Å². The second kappa shape index (κ2) is 8.30. The number of non-ortho nitro benzene ring substituents is 1. The Balaban J connectivity index is 1.87. The van der Waals surface area contributed by atoms with Crippen LogP contribution in [0.1, 0.15) is 5.56 Å². The summed E-state index contributed by atoms with van der Waals surface area (Å²) in [5, 5.41) is 13.4. The lowest BCUT2D eigenvalue weighted by atomic mass is 10.2. The monoisotopic (exact) mass is 332 g/mol. The molecule has 1 amide bonds. The van der Waals surface area contributed by atoms with Crippen LogP contribution in [0.2, 0.25) is 0 Å². The number of carbonyl (C=O) groups excluding carboxylic acids is 1. The lowest BCUT2D eigenvalue weighted by Crippen LogP contribution is -2.14. The number of anilines is 1. The van der Waals surface area contributed by atoms with Gasteiger partial charge in [0, 0.05) is 29.8 Å². The number of nitro groups is 1. The fourth-order valence-electron chi connectivity index (χ4n) is 1.92. The molecule has 2 aromatic carbocycles. The first-order valence-corrected chi connectivity index (χ1v) is 7.82. The van der Waals surface area contributed by atoms with Gasteiger partial charge in [-0.25, -0.2) is 0 Å². The number of hydrogen-bond acceptors (Lipinski definition) is 5. The molecule has 0 aliphatic heterocycles. The topological polar surface area (TPSA) is 81.5 Å². The summed E-state index contributed by atoms with van der Waals surface area (Å²) >= 11 is 1.32. The van der Waals surface area contributed by atoms with E-state index in [0.717, 1.165) is 10.5 Å². The molecule has 0 radical (unpaired) electrons. The van der Waals surface area contributed by atoms with E-state index in [1.807, 2.05) is 24.3 Å². The number of hydrogen-bond donors (Lipinski definition) is 1. The number of nitro benzene ring substituents is 1. The van der Waals surface area contributed by atoms with E-state index < -0.39 is 4.92 Å². The van der Waals surface area contributed by atoms with Gasteiger partial charge in [-0.2, -0.15) is 0 Å². The van der Waals surface area contributed by atoms with Gasteiger partial charge in [-0.05, 0) is 29.8 Å². The Morgan fingerprint density at radius 2 is 2.00 bits per heavy atom. The van der Waals surface area contributed by atoms with E-state index in [1.165, 1.54) is 23.9 Å². The van der Waals surface area contributed by atoms with Crippen molar-refractivity contribution in [1.29, 1.82) is 0 Å². The Morgan fingerprint density at radius 3 is 2.65 bits per heavy atom. The maximum atomic E-state index is 12.0. The second-order valence-electron chi connectivity index (χ2n) is 4.72. The molecule has 0 aliphatic carbocycles. The molecule has 0 saturated carbocycles. The van der Waals surface area contributed by atoms with Crippen molar-refractivity contribution < 1.29 is 14.5 Å². The van der Waals surface area contributed by atoms with Gasteiger partial charge in [-0.15, -0.1) is 11.8 Å². The minimum Gasteiger partial charge on any atom is -0.380 e. The summed E-state index contributed by atoms with van der Waals surface area (Å²) in [5.41, 5.74) is 1.73. The molecule has 2 rings (SSSR count). The van der Waals surface area contributed by atoms with Crippen molar-refractivity contribution in [2.24, 2.45) is 0 Å². The Bertz CT molecular complexity index is 689. The van der Waals surface area contributed by atoms with Gasteiger partial charge >= 0.3 is 0 Å². The largest absolute Gasteiger partial charge is 0.380 e. The molecule has 2 aromatic rings. The number of carbonyl (C=O) groups is 1. The predicted molar refractivity (Wildman–Crippen MR) is 89.6 cm³/mol. The SMILES string of the molecule is COCc1cccc(NC(=O)CSc2ccc([N+](=O)[O-])cc2)c1. The quantitative estimate of drug-likeness (QED) is 0.477. The van der Waals surface area contributed by atoms with Crippen LogP contribution in [-0.2, 0) is 16.1 Å². The van der Waals surface area contributed by atoms with E-state index in [1.54, 1.807) is 19.2 Å². The molecule has 120 valence electrons. The molecule has 6 nitrogen and oxygen atoms in total. The third kappa shape index (κ3) is 5.39. The van der Waals surface area contributed by atoms with E-state index in [2.05, 4.69) is 5.32 Å². The summed E-state index contributed by atoms with van der Waals surface area (Å²) in [5.74, 6) is 0.0923. The molecule has 1 N–H and O–H groups in total. The van der Waals surface area contributed by atoms with Gasteiger partial charge in [0.1, 0.15) is 0 Å². The van der Waals surface area contributed by atoms with Crippen molar-refractivity contribution >= 4 is 29.0 Å². The fraction of sp³-hybridized carbons (Fsp3) is 0.188. The minimum absolute atomic E-state index is 0.0359. The van der Waals surface area contributed by atoms with Crippen LogP contribution in [0.3, 0.4) is 0 Å². The molecule has 0 aliphatic rings. The normalized spacial score (nSPS) is 10.3. The fourth-order valence-corrected chi connectivity index (χ4v) is 2.61. The van der Waals surface area contributed by atoms with Crippen molar-refractivity contribution in [1.82, 2.24) is 0 Å². The van der Waals surface area contributed by atoms with Gasteiger partial charge in [-0.3, -0.25) is 14.9 Å². The van der Waals surface area contributed by atoms with E-state index in [-0.39, 0.29) is 17.3 Å². The number of benzene rings is 2. The van der Waals surface area contributed by atoms with Gasteiger partial charge in [0.05, 0.1) is 17.3 Å². The van der Waals surface area contributed by atoms with Crippen LogP contribution >= 0.6 is 11.8 Å². The average Bonchev–Trinajstić information content (AvgIpc) is 2.54. The zero-order valence-electron chi connectivity index (χ0n) is 12.5. The van der Waals surface area contributed by atoms with Crippen molar-refractivity contribution in [3.05, 3.63) is 64.2 Å². The summed E-state index contributed by atoms with van der Waals surface area (Å²) in [4.78, 5) is 22.9. The van der Waals surface area contributed by atoms with Crippen molar-refractivity contribution in [3.8, 4) is 0 Å². The number of nitrogens with zero attached hydrogens (tertiary/aromatic N) is 1. The highest BCUT2D eigenvalue weighted by Crippen LogP contribution is 2.21. The highest BCUT2D eigenvalue weighted by molar-refractivity contribution is 8.00. The summed E-state index contributed by atoms with van der Waals surface area (Å²) in [6.45, 7) is 0.487. The predicted octanol–water partition coefficient (Wildman–Crippen LogP) is 3.47. The average molecular weight is 332 g/mol. The van der Waals surface area contributed by atoms with Gasteiger partial charge in [-0.1, -0.05) is 12.1 Å². The molecule has 0 saturated heterocycles. The number of amides is 1. The summed E-state index contributed by atoms with van der Waals surface area (Å²) < 4.78 is 5.05. The highest BCUT2D eigenvalue weighted by atomic mass is 32.2. The molecule has 23 heavy (non-hydrogen) atoms. The Hall–Kier alpha value is -2.38. The van der Waals surface area contributed by atoms with Crippen LogP contribution in [0.15, 0.2) is 53.4 Å². The number of nitrogens with one attached hydrogen (secondary N) is 1. The Kier molecular flexibility index (Phi) is 6.13. The van der Waals surface area contributed by atoms with E-state index in [0.29, 0.717) is 12.3 Å². The van der Waals surface area contributed by atoms with Crippen LogP contribution in [0.5, 0.6) is 0 Å². The van der Waals surface area contributed by atoms with Crippen molar-refractivity contribution in [3.63, 3.8) is 0 Å². The molecule has 0 atom stereocenters. The lowest BCUT2D eigenvalue weighted by Gasteiger charge is -2.07. The summed E-state index contributed by atoms with van der Waals surface area (Å²) in [6.07, 6.45) is 0. The molecule has 0 spiro atoms. The van der Waals surface area contributed by atoms with Crippen LogP contribution in [0, 0.1) is 10.1 Å². The maximum Gasteiger partial charge on any atom is 0.269 e. The molecule has 0 aromatic heterocycles. The molecule has 0 fully saturated rings. The first-order valence-electron chi connectivity index (χ1n) is 6.83. The van der Waals surface area contributed by atoms with Gasteiger partial charge in [0.2, 0.25) is 5.91 Å². The standard InChI is InChI=1S/C16H16N2O4S/c1-22-10-12-3-2-4-13(9-12)17-16(19)11-23-15-7-5-14(6-8-15)18(20)21/h2-9H,10-11H2,1H3,(H,17,19). The smallest absolute Gasteiger partial charge is 0.269 e. The lowest BCUT2D eigenvalue weighted by molar-refractivity contribution is -0.384.